The average molecular weight is 153 g/mol. The molecule has 1 radical (unpaired) electrons. The molecule has 0 bridgehead atoms. The van der Waals surface area contributed by atoms with Crippen LogP contribution in [0.15, 0.2) is 12.1 Å². The van der Waals surface area contributed by atoms with Gasteiger partial charge in [0.05, 0.1) is 13.7 Å². The lowest BCUT2D eigenvalue weighted by atomic mass is 10.2. The zero-order valence-corrected chi connectivity index (χ0v) is 6.16. The fourth-order valence-corrected chi connectivity index (χ4v) is 0.757. The van der Waals surface area contributed by atoms with Crippen molar-refractivity contribution in [2.24, 2.45) is 0 Å². The Labute approximate surface area is 64.9 Å². The Hall–Kier alpha value is -1.22. The third-order valence-corrected chi connectivity index (χ3v) is 1.35. The molecule has 0 heterocycles. The first-order valence-electron chi connectivity index (χ1n) is 3.16. The molecule has 0 unspecified atom stereocenters. The van der Waals surface area contributed by atoms with Gasteiger partial charge in [0.1, 0.15) is 0 Å². The van der Waals surface area contributed by atoms with Crippen LogP contribution in [0.5, 0.6) is 11.5 Å². The van der Waals surface area contributed by atoms with Crippen molar-refractivity contribution in [2.75, 3.05) is 7.11 Å². The highest BCUT2D eigenvalue weighted by molar-refractivity contribution is 5.40. The van der Waals surface area contributed by atoms with Crippen molar-refractivity contribution in [3.8, 4) is 11.5 Å². The van der Waals surface area contributed by atoms with Crippen LogP contribution in [0.3, 0.4) is 0 Å². The smallest absolute Gasteiger partial charge is 0.165 e. The lowest BCUT2D eigenvalue weighted by molar-refractivity contribution is 0.280. The van der Waals surface area contributed by atoms with Gasteiger partial charge < -0.3 is 14.9 Å². The summed E-state index contributed by atoms with van der Waals surface area (Å²) in [6.45, 7) is -0.0762. The number of benzene rings is 1. The van der Waals surface area contributed by atoms with Crippen molar-refractivity contribution < 1.29 is 14.9 Å². The fourth-order valence-electron chi connectivity index (χ4n) is 0.757. The minimum absolute atomic E-state index is 0.0373. The van der Waals surface area contributed by atoms with Crippen LogP contribution in [-0.2, 0) is 6.61 Å². The molecule has 1 aromatic carbocycles. The quantitative estimate of drug-likeness (QED) is 0.657. The summed E-state index contributed by atoms with van der Waals surface area (Å²) in [6, 6.07) is 5.61. The Kier molecular flexibility index (Phi) is 2.33. The van der Waals surface area contributed by atoms with Crippen molar-refractivity contribution >= 4 is 0 Å². The normalized spacial score (nSPS) is 9.64. The number of hydrogen-bond acceptors (Lipinski definition) is 3. The van der Waals surface area contributed by atoms with Gasteiger partial charge in [0.15, 0.2) is 11.5 Å². The van der Waals surface area contributed by atoms with Gasteiger partial charge in [0.25, 0.3) is 0 Å². The summed E-state index contributed by atoms with van der Waals surface area (Å²) in [5.74, 6) is 0.293. The van der Waals surface area contributed by atoms with Crippen molar-refractivity contribution in [2.45, 2.75) is 6.61 Å². The molecule has 0 aliphatic heterocycles. The number of aliphatic hydroxyl groups is 1. The van der Waals surface area contributed by atoms with Gasteiger partial charge in [-0.15, -0.1) is 0 Å². The highest BCUT2D eigenvalue weighted by atomic mass is 16.5. The average Bonchev–Trinajstić information content (AvgIpc) is 2.05. The van der Waals surface area contributed by atoms with Crippen LogP contribution in [0.25, 0.3) is 0 Å². The van der Waals surface area contributed by atoms with Crippen molar-refractivity contribution in [1.29, 1.82) is 0 Å². The maximum atomic E-state index is 9.07. The topological polar surface area (TPSA) is 49.7 Å². The maximum Gasteiger partial charge on any atom is 0.165 e. The molecule has 0 saturated heterocycles. The second-order valence-corrected chi connectivity index (χ2v) is 2.08. The number of phenolic OH excluding ortho intramolecular Hbond substituents is 1. The first-order chi connectivity index (χ1) is 5.27. The second-order valence-electron chi connectivity index (χ2n) is 2.08. The number of aromatic hydroxyl groups is 1. The number of aliphatic hydroxyl groups excluding tert-OH is 1. The largest absolute Gasteiger partial charge is 0.504 e. The van der Waals surface area contributed by atoms with Crippen molar-refractivity contribution in [3.63, 3.8) is 0 Å². The zero-order chi connectivity index (χ0) is 8.27. The van der Waals surface area contributed by atoms with Crippen LogP contribution in [0, 0.1) is 6.07 Å². The van der Waals surface area contributed by atoms with Gasteiger partial charge in [0, 0.05) is 6.07 Å². The Morgan fingerprint density at radius 1 is 1.64 bits per heavy atom. The summed E-state index contributed by atoms with van der Waals surface area (Å²) in [6.07, 6.45) is 0. The Morgan fingerprint density at radius 2 is 2.36 bits per heavy atom. The highest BCUT2D eigenvalue weighted by Crippen LogP contribution is 2.25. The van der Waals surface area contributed by atoms with Crippen LogP contribution in [0.2, 0.25) is 0 Å². The molecule has 3 heteroatoms. The minimum Gasteiger partial charge on any atom is -0.504 e. The van der Waals surface area contributed by atoms with Crippen LogP contribution in [0.1, 0.15) is 5.56 Å². The van der Waals surface area contributed by atoms with E-state index in [4.69, 9.17) is 14.9 Å². The molecule has 0 fully saturated rings. The van der Waals surface area contributed by atoms with Crippen LogP contribution in [-0.4, -0.2) is 17.3 Å². The van der Waals surface area contributed by atoms with Gasteiger partial charge in [0.2, 0.25) is 0 Å². The summed E-state index contributed by atoms with van der Waals surface area (Å²) in [4.78, 5) is 0. The highest BCUT2D eigenvalue weighted by Gasteiger charge is 2.00. The Morgan fingerprint density at radius 3 is 2.91 bits per heavy atom. The molecule has 3 nitrogen and oxygen atoms in total. The molecule has 0 aliphatic carbocycles. The van der Waals surface area contributed by atoms with E-state index in [0.717, 1.165) is 0 Å². The molecule has 11 heavy (non-hydrogen) atoms. The standard InChI is InChI=1S/C8H9O3/c1-11-8-4-6(5-9)2-3-7(8)10/h2,4,9-10H,5H2,1H3. The zero-order valence-electron chi connectivity index (χ0n) is 6.16. The molecule has 59 valence electrons. The molecular formula is C8H9O3. The molecule has 1 rings (SSSR count). The van der Waals surface area contributed by atoms with E-state index in [0.29, 0.717) is 11.3 Å². The third-order valence-electron chi connectivity index (χ3n) is 1.35. The summed E-state index contributed by atoms with van der Waals surface area (Å²) in [5.41, 5.74) is 0.666. The number of rotatable bonds is 2. The number of methoxy groups -OCH3 is 1. The van der Waals surface area contributed by atoms with Crippen LogP contribution >= 0.6 is 0 Å². The molecule has 2 N–H and O–H groups in total. The minimum atomic E-state index is -0.0762. The van der Waals surface area contributed by atoms with E-state index in [-0.39, 0.29) is 12.4 Å². The van der Waals surface area contributed by atoms with Gasteiger partial charge in [-0.05, 0) is 17.7 Å². The summed E-state index contributed by atoms with van der Waals surface area (Å²) in [5, 5.41) is 17.8. The van der Waals surface area contributed by atoms with Crippen molar-refractivity contribution in [1.82, 2.24) is 0 Å². The maximum absolute atomic E-state index is 9.07. The van der Waals surface area contributed by atoms with E-state index in [1.165, 1.54) is 13.2 Å². The molecular weight excluding hydrogens is 144 g/mol. The van der Waals surface area contributed by atoms with E-state index >= 15 is 0 Å². The number of phenols is 1. The summed E-state index contributed by atoms with van der Waals surface area (Å²) in [7, 11) is 1.45. The molecule has 1 aromatic rings. The van der Waals surface area contributed by atoms with Gasteiger partial charge in [-0.1, -0.05) is 0 Å². The van der Waals surface area contributed by atoms with Gasteiger partial charge in [-0.3, -0.25) is 0 Å². The number of hydrogen-bond donors (Lipinski definition) is 2. The predicted octanol–water partition coefficient (Wildman–Crippen LogP) is 0.693. The lowest BCUT2D eigenvalue weighted by Crippen LogP contribution is -1.87. The summed E-state index contributed by atoms with van der Waals surface area (Å²) < 4.78 is 4.80. The fraction of sp³-hybridized carbons (Fsp3) is 0.250. The van der Waals surface area contributed by atoms with Gasteiger partial charge in [-0.2, -0.15) is 0 Å². The molecule has 0 amide bonds. The summed E-state index contributed by atoms with van der Waals surface area (Å²) >= 11 is 0. The van der Waals surface area contributed by atoms with Crippen LogP contribution < -0.4 is 4.74 Å². The Bertz CT molecular complexity index is 245. The van der Waals surface area contributed by atoms with E-state index in [9.17, 15) is 0 Å². The van der Waals surface area contributed by atoms with E-state index in [1.54, 1.807) is 6.07 Å². The molecule has 0 spiro atoms. The Balaban J connectivity index is 3.02. The predicted molar refractivity (Wildman–Crippen MR) is 39.4 cm³/mol. The van der Waals surface area contributed by atoms with Gasteiger partial charge in [-0.25, -0.2) is 0 Å². The van der Waals surface area contributed by atoms with E-state index < -0.39 is 0 Å². The molecule has 0 saturated carbocycles. The van der Waals surface area contributed by atoms with Crippen molar-refractivity contribution in [3.05, 3.63) is 23.8 Å². The second kappa shape index (κ2) is 3.25. The van der Waals surface area contributed by atoms with Crippen LogP contribution in [0.4, 0.5) is 0 Å². The first-order valence-corrected chi connectivity index (χ1v) is 3.16. The SMILES string of the molecule is COc1cc(CO)c[c]c1O. The number of ether oxygens (including phenoxy) is 1. The molecule has 0 aromatic heterocycles. The monoisotopic (exact) mass is 153 g/mol. The first kappa shape index (κ1) is 7.88. The molecule has 0 atom stereocenters. The van der Waals surface area contributed by atoms with Gasteiger partial charge >= 0.3 is 0 Å². The lowest BCUT2D eigenvalue weighted by Gasteiger charge is -2.03. The van der Waals surface area contributed by atoms with E-state index in [2.05, 4.69) is 6.07 Å². The third kappa shape index (κ3) is 1.62. The van der Waals surface area contributed by atoms with E-state index in [1.807, 2.05) is 0 Å². The molecule has 0 aliphatic rings.